The van der Waals surface area contributed by atoms with Crippen LogP contribution < -0.4 is 5.73 Å². The van der Waals surface area contributed by atoms with E-state index in [1.807, 2.05) is 25.1 Å². The Balaban J connectivity index is 2.94. The number of rotatable bonds is 3. The SMILES string of the molecule is CCc1cccc(C(C)C(N)=O)c1. The van der Waals surface area contributed by atoms with Crippen LogP contribution in [0.5, 0.6) is 0 Å². The molecule has 13 heavy (non-hydrogen) atoms. The van der Waals surface area contributed by atoms with Gasteiger partial charge in [0, 0.05) is 0 Å². The van der Waals surface area contributed by atoms with Crippen molar-refractivity contribution in [2.45, 2.75) is 26.2 Å². The first-order valence-electron chi connectivity index (χ1n) is 4.53. The first-order chi connectivity index (χ1) is 6.15. The molecule has 0 bridgehead atoms. The molecule has 0 fully saturated rings. The quantitative estimate of drug-likeness (QED) is 0.752. The van der Waals surface area contributed by atoms with Crippen LogP contribution in [0.1, 0.15) is 30.9 Å². The average molecular weight is 177 g/mol. The summed E-state index contributed by atoms with van der Waals surface area (Å²) in [6.45, 7) is 3.92. The zero-order chi connectivity index (χ0) is 9.84. The molecule has 0 aliphatic carbocycles. The molecule has 0 spiro atoms. The molecule has 1 rings (SSSR count). The lowest BCUT2D eigenvalue weighted by atomic mass is 9.98. The highest BCUT2D eigenvalue weighted by Gasteiger charge is 2.10. The van der Waals surface area contributed by atoms with Crippen LogP contribution in [0.3, 0.4) is 0 Å². The fourth-order valence-electron chi connectivity index (χ4n) is 1.25. The topological polar surface area (TPSA) is 43.1 Å². The first kappa shape index (κ1) is 9.78. The number of carbonyl (C=O) groups excluding carboxylic acids is 1. The van der Waals surface area contributed by atoms with E-state index in [1.165, 1.54) is 5.56 Å². The summed E-state index contributed by atoms with van der Waals surface area (Å²) in [5.74, 6) is -0.459. The Kier molecular flexibility index (Phi) is 3.07. The minimum Gasteiger partial charge on any atom is -0.369 e. The molecule has 1 aromatic carbocycles. The molecule has 1 aromatic rings. The fraction of sp³-hybridized carbons (Fsp3) is 0.364. The van der Waals surface area contributed by atoms with Crippen LogP contribution in [0.25, 0.3) is 0 Å². The second-order valence-corrected chi connectivity index (χ2v) is 3.22. The van der Waals surface area contributed by atoms with Crippen molar-refractivity contribution >= 4 is 5.91 Å². The molecule has 0 saturated heterocycles. The molecule has 70 valence electrons. The van der Waals surface area contributed by atoms with Gasteiger partial charge in [0.15, 0.2) is 0 Å². The van der Waals surface area contributed by atoms with E-state index in [0.717, 1.165) is 12.0 Å². The molecule has 2 nitrogen and oxygen atoms in total. The van der Waals surface area contributed by atoms with Gasteiger partial charge in [-0.05, 0) is 24.5 Å². The van der Waals surface area contributed by atoms with Crippen LogP contribution in [-0.2, 0) is 11.2 Å². The van der Waals surface area contributed by atoms with Gasteiger partial charge < -0.3 is 5.73 Å². The van der Waals surface area contributed by atoms with Gasteiger partial charge >= 0.3 is 0 Å². The van der Waals surface area contributed by atoms with Crippen molar-refractivity contribution in [2.75, 3.05) is 0 Å². The predicted octanol–water partition coefficient (Wildman–Crippen LogP) is 1.84. The smallest absolute Gasteiger partial charge is 0.224 e. The number of primary amides is 1. The third kappa shape index (κ3) is 2.31. The van der Waals surface area contributed by atoms with Gasteiger partial charge in [0.2, 0.25) is 5.91 Å². The molecule has 0 saturated carbocycles. The Morgan fingerprint density at radius 2 is 2.23 bits per heavy atom. The molecule has 2 N–H and O–H groups in total. The van der Waals surface area contributed by atoms with E-state index < -0.39 is 0 Å². The molecule has 1 atom stereocenters. The van der Waals surface area contributed by atoms with Gasteiger partial charge in [-0.25, -0.2) is 0 Å². The Morgan fingerprint density at radius 3 is 2.77 bits per heavy atom. The minimum absolute atomic E-state index is 0.188. The van der Waals surface area contributed by atoms with E-state index in [2.05, 4.69) is 13.0 Å². The highest BCUT2D eigenvalue weighted by molar-refractivity contribution is 5.81. The third-order valence-corrected chi connectivity index (χ3v) is 2.29. The normalized spacial score (nSPS) is 12.5. The van der Waals surface area contributed by atoms with E-state index in [-0.39, 0.29) is 11.8 Å². The van der Waals surface area contributed by atoms with Gasteiger partial charge in [0.1, 0.15) is 0 Å². The van der Waals surface area contributed by atoms with Crippen LogP contribution in [-0.4, -0.2) is 5.91 Å². The van der Waals surface area contributed by atoms with E-state index in [0.29, 0.717) is 0 Å². The summed E-state index contributed by atoms with van der Waals surface area (Å²) in [6, 6.07) is 7.99. The summed E-state index contributed by atoms with van der Waals surface area (Å²) in [5, 5.41) is 0. The monoisotopic (exact) mass is 177 g/mol. The van der Waals surface area contributed by atoms with Crippen molar-refractivity contribution in [3.63, 3.8) is 0 Å². The molecular formula is C11H15NO. The third-order valence-electron chi connectivity index (χ3n) is 2.29. The van der Waals surface area contributed by atoms with Crippen LogP contribution in [0.4, 0.5) is 0 Å². The van der Waals surface area contributed by atoms with Crippen molar-refractivity contribution in [2.24, 2.45) is 5.73 Å². The second kappa shape index (κ2) is 4.08. The molecule has 2 heteroatoms. The van der Waals surface area contributed by atoms with Gasteiger partial charge in [-0.15, -0.1) is 0 Å². The highest BCUT2D eigenvalue weighted by atomic mass is 16.1. The predicted molar refractivity (Wildman–Crippen MR) is 53.4 cm³/mol. The van der Waals surface area contributed by atoms with Crippen LogP contribution >= 0.6 is 0 Å². The van der Waals surface area contributed by atoms with Crippen LogP contribution in [0.2, 0.25) is 0 Å². The fourth-order valence-corrected chi connectivity index (χ4v) is 1.25. The standard InChI is InChI=1S/C11H15NO/c1-3-9-5-4-6-10(7-9)8(2)11(12)13/h4-8H,3H2,1-2H3,(H2,12,13). The Bertz CT molecular complexity index is 307. The van der Waals surface area contributed by atoms with Gasteiger partial charge in [0.05, 0.1) is 5.92 Å². The molecule has 0 aliphatic heterocycles. The number of amides is 1. The summed E-state index contributed by atoms with van der Waals surface area (Å²) in [5.41, 5.74) is 7.47. The van der Waals surface area contributed by atoms with Crippen molar-refractivity contribution in [3.8, 4) is 0 Å². The number of nitrogens with two attached hydrogens (primary N) is 1. The second-order valence-electron chi connectivity index (χ2n) is 3.22. The van der Waals surface area contributed by atoms with Crippen molar-refractivity contribution in [3.05, 3.63) is 35.4 Å². The highest BCUT2D eigenvalue weighted by Crippen LogP contribution is 2.16. The van der Waals surface area contributed by atoms with E-state index in [9.17, 15) is 4.79 Å². The van der Waals surface area contributed by atoms with Gasteiger partial charge in [0.25, 0.3) is 0 Å². The summed E-state index contributed by atoms with van der Waals surface area (Å²) < 4.78 is 0. The molecule has 0 radical (unpaired) electrons. The minimum atomic E-state index is -0.270. The maximum absolute atomic E-state index is 10.9. The summed E-state index contributed by atoms with van der Waals surface area (Å²) in [6.07, 6.45) is 0.985. The van der Waals surface area contributed by atoms with Crippen LogP contribution in [0.15, 0.2) is 24.3 Å². The van der Waals surface area contributed by atoms with Gasteiger partial charge in [-0.3, -0.25) is 4.79 Å². The molecule has 0 aromatic heterocycles. The lowest BCUT2D eigenvalue weighted by molar-refractivity contribution is -0.119. The summed E-state index contributed by atoms with van der Waals surface area (Å²) in [4.78, 5) is 10.9. The zero-order valence-corrected chi connectivity index (χ0v) is 8.08. The molecule has 0 heterocycles. The number of hydrogen-bond donors (Lipinski definition) is 1. The maximum Gasteiger partial charge on any atom is 0.224 e. The Morgan fingerprint density at radius 1 is 1.54 bits per heavy atom. The van der Waals surface area contributed by atoms with Crippen molar-refractivity contribution in [1.82, 2.24) is 0 Å². The largest absolute Gasteiger partial charge is 0.369 e. The molecular weight excluding hydrogens is 162 g/mol. The number of aryl methyl sites for hydroxylation is 1. The van der Waals surface area contributed by atoms with Crippen LogP contribution in [0, 0.1) is 0 Å². The lowest BCUT2D eigenvalue weighted by Crippen LogP contribution is -2.18. The lowest BCUT2D eigenvalue weighted by Gasteiger charge is -2.08. The number of carbonyl (C=O) groups is 1. The Hall–Kier alpha value is -1.31. The number of benzene rings is 1. The summed E-state index contributed by atoms with van der Waals surface area (Å²) in [7, 11) is 0. The van der Waals surface area contributed by atoms with Gasteiger partial charge in [-0.1, -0.05) is 31.2 Å². The van der Waals surface area contributed by atoms with E-state index in [1.54, 1.807) is 0 Å². The van der Waals surface area contributed by atoms with Gasteiger partial charge in [-0.2, -0.15) is 0 Å². The molecule has 1 unspecified atom stereocenters. The number of hydrogen-bond acceptors (Lipinski definition) is 1. The Labute approximate surface area is 78.8 Å². The van der Waals surface area contributed by atoms with E-state index >= 15 is 0 Å². The molecule has 0 aliphatic rings. The van der Waals surface area contributed by atoms with E-state index in [4.69, 9.17) is 5.73 Å². The molecule has 1 amide bonds. The summed E-state index contributed by atoms with van der Waals surface area (Å²) >= 11 is 0. The first-order valence-corrected chi connectivity index (χ1v) is 4.53. The van der Waals surface area contributed by atoms with Crippen molar-refractivity contribution < 1.29 is 4.79 Å². The maximum atomic E-state index is 10.9. The zero-order valence-electron chi connectivity index (χ0n) is 8.08. The van der Waals surface area contributed by atoms with Crippen molar-refractivity contribution in [1.29, 1.82) is 0 Å². The average Bonchev–Trinajstić information content (AvgIpc) is 2.16.